The average molecular weight is 387 g/mol. The van der Waals surface area contributed by atoms with Crippen molar-refractivity contribution in [3.8, 4) is 0 Å². The normalized spacial score (nSPS) is 17.7. The molecular weight excluding hydrogens is 385 g/mol. The van der Waals surface area contributed by atoms with Crippen LogP contribution in [-0.2, 0) is 25.6 Å². The van der Waals surface area contributed by atoms with Gasteiger partial charge in [-0.25, -0.2) is 0 Å². The zero-order valence-electron chi connectivity index (χ0n) is 2.74. The first-order chi connectivity index (χ1) is 2.00. The van der Waals surface area contributed by atoms with Gasteiger partial charge in [-0.1, -0.05) is 0 Å². The molecule has 0 aliphatic rings. The Hall–Kier alpha value is 1.73. The molecule has 0 rings (SSSR count). The molecule has 0 aliphatic heterocycles. The van der Waals surface area contributed by atoms with Crippen molar-refractivity contribution in [2.45, 2.75) is 0 Å². The fourth-order valence-electron chi connectivity index (χ4n) is 0. The summed E-state index contributed by atoms with van der Waals surface area (Å²) in [7, 11) is 4.49. The fourth-order valence-corrected chi connectivity index (χ4v) is 0. The fraction of sp³-hybridized carbons (Fsp3) is 0. The second kappa shape index (κ2) is 3.70. The van der Waals surface area contributed by atoms with Crippen molar-refractivity contribution in [1.29, 1.82) is 0 Å². The van der Waals surface area contributed by atoms with Crippen LogP contribution in [0.4, 0.5) is 0 Å². The molecule has 0 bridgehead atoms. The molecular formula is H2BO2PTeW. The number of hydrogen-bond acceptors (Lipinski definition) is 1. The summed E-state index contributed by atoms with van der Waals surface area (Å²) in [6.07, 6.45) is 0. The predicted octanol–water partition coefficient (Wildman–Crippen LogP) is -0.846. The van der Waals surface area contributed by atoms with Gasteiger partial charge in [0.25, 0.3) is 0 Å². The largest absolute Gasteiger partial charge is 0 e. The van der Waals surface area contributed by atoms with Crippen LogP contribution in [0.1, 0.15) is 0 Å². The van der Waals surface area contributed by atoms with Crippen molar-refractivity contribution >= 4 is 34.3 Å². The Bertz CT molecular complexity index is 59.7. The van der Waals surface area contributed by atoms with Crippen molar-refractivity contribution in [2.24, 2.45) is 0 Å². The molecule has 1 N–H and O–H groups in total. The van der Waals surface area contributed by atoms with Crippen LogP contribution < -0.4 is 0 Å². The van der Waals surface area contributed by atoms with Crippen LogP contribution in [-0.4, -0.2) is 34.2 Å². The van der Waals surface area contributed by atoms with Gasteiger partial charge in [0, 0.05) is 21.1 Å². The predicted molar refractivity (Wildman–Crippen MR) is 22.7 cm³/mol. The number of rotatable bonds is 0. The Morgan fingerprint density at radius 1 is 1.83 bits per heavy atom. The van der Waals surface area contributed by atoms with E-state index in [2.05, 4.69) is 7.57 Å². The van der Waals surface area contributed by atoms with E-state index in [9.17, 15) is 4.57 Å². The Labute approximate surface area is 64.4 Å². The van der Waals surface area contributed by atoms with Gasteiger partial charge < -0.3 is 0 Å². The smallest absolute Gasteiger partial charge is 0 e. The molecule has 0 fully saturated rings. The summed E-state index contributed by atoms with van der Waals surface area (Å²) in [6.45, 7) is 0. The van der Waals surface area contributed by atoms with Crippen molar-refractivity contribution in [3.05, 3.63) is 0 Å². The van der Waals surface area contributed by atoms with E-state index in [0.29, 0.717) is 0 Å². The van der Waals surface area contributed by atoms with Gasteiger partial charge in [-0.15, -0.1) is 0 Å². The third-order valence-electron chi connectivity index (χ3n) is 0. The van der Waals surface area contributed by atoms with E-state index in [4.69, 9.17) is 4.89 Å². The Morgan fingerprint density at radius 3 is 1.83 bits per heavy atom. The van der Waals surface area contributed by atoms with E-state index < -0.39 is 4.94 Å². The molecule has 1 unspecified atom stereocenters. The van der Waals surface area contributed by atoms with Crippen LogP contribution in [0.3, 0.4) is 0 Å². The second-order valence-electron chi connectivity index (χ2n) is 0.589. The van der Waals surface area contributed by atoms with Gasteiger partial charge in [-0.3, -0.25) is 0 Å². The molecule has 0 aromatic carbocycles. The van der Waals surface area contributed by atoms with Gasteiger partial charge in [-0.2, -0.15) is 0 Å². The van der Waals surface area contributed by atoms with Crippen molar-refractivity contribution in [1.82, 2.24) is 0 Å². The Kier molecular flexibility index (Phi) is 6.58. The summed E-state index contributed by atoms with van der Waals surface area (Å²) in [6, 6.07) is 0. The van der Waals surface area contributed by atoms with Gasteiger partial charge in [-0.05, 0) is 0 Å². The monoisotopic (exact) mass is 390 g/mol. The molecule has 0 amide bonds. The van der Waals surface area contributed by atoms with Gasteiger partial charge in [0.15, 0.2) is 0 Å². The zero-order chi connectivity index (χ0) is 4.50. The summed E-state index contributed by atoms with van der Waals surface area (Å²) in [4.78, 5) is 4.79. The van der Waals surface area contributed by atoms with Crippen molar-refractivity contribution in [3.63, 3.8) is 0 Å². The van der Waals surface area contributed by atoms with Crippen LogP contribution in [0.15, 0.2) is 0 Å². The van der Waals surface area contributed by atoms with Crippen LogP contribution >= 0.6 is 4.94 Å². The summed E-state index contributed by atoms with van der Waals surface area (Å²) in [5, 5.41) is 0. The van der Waals surface area contributed by atoms with E-state index in [1.807, 2.05) is 0 Å². The molecule has 1 atom stereocenters. The molecule has 0 aliphatic carbocycles. The number of hydrogen-bond donors (Lipinski definition) is 1. The van der Waals surface area contributed by atoms with Gasteiger partial charge in [0.05, 0.1) is 0 Å². The van der Waals surface area contributed by atoms with Gasteiger partial charge >= 0.3 is 43.7 Å². The molecule has 0 aromatic rings. The molecule has 0 heterocycles. The van der Waals surface area contributed by atoms with Crippen molar-refractivity contribution in [2.75, 3.05) is 0 Å². The van der Waals surface area contributed by atoms with Crippen LogP contribution in [0, 0.1) is 0 Å². The van der Waals surface area contributed by atoms with Gasteiger partial charge in [0.2, 0.25) is 0 Å². The maximum Gasteiger partial charge on any atom is 0 e. The minimum Gasteiger partial charge on any atom is 0 e. The molecule has 2 radical (unpaired) electrons. The van der Waals surface area contributed by atoms with Crippen LogP contribution in [0.2, 0.25) is 0 Å². The average Bonchev–Trinajstić information content (AvgIpc) is 0.722. The second-order valence-corrected chi connectivity index (χ2v) is 6.67. The van der Waals surface area contributed by atoms with Crippen molar-refractivity contribution < 1.29 is 30.5 Å². The van der Waals surface area contributed by atoms with E-state index in [1.165, 1.54) is 0 Å². The minimum atomic E-state index is -3.09. The standard InChI is InChI=1S/BH2O2PTe.W/c1-4(2,3)5;/h(H2,2,3,5);. The molecule has 0 aromatic heterocycles. The quantitative estimate of drug-likeness (QED) is 0.435. The molecule has 0 saturated carbocycles. The first kappa shape index (κ1) is 10.7. The molecule has 6 heavy (non-hydrogen) atoms. The SMILES string of the molecule is [B]P(=O)(O)[TeH].[W]. The third-order valence-corrected chi connectivity index (χ3v) is 0. The molecule has 6 heteroatoms. The molecule has 0 spiro atoms. The van der Waals surface area contributed by atoms with Crippen LogP contribution in [0.25, 0.3) is 0 Å². The minimum absolute atomic E-state index is 0. The topological polar surface area (TPSA) is 37.3 Å². The summed E-state index contributed by atoms with van der Waals surface area (Å²) < 4.78 is 9.57. The molecule has 0 saturated heterocycles. The maximum absolute atomic E-state index is 9.57. The van der Waals surface area contributed by atoms with E-state index >= 15 is 0 Å². The van der Waals surface area contributed by atoms with E-state index in [-0.39, 0.29) is 21.1 Å². The molecule has 34 valence electrons. The third kappa shape index (κ3) is 42.8. The summed E-state index contributed by atoms with van der Waals surface area (Å²) in [5.41, 5.74) is 0. The van der Waals surface area contributed by atoms with Gasteiger partial charge in [0.1, 0.15) is 0 Å². The Morgan fingerprint density at radius 2 is 1.83 bits per heavy atom. The molecule has 2 nitrogen and oxygen atoms in total. The summed E-state index contributed by atoms with van der Waals surface area (Å²) >= 11 is 0.760. The Balaban J connectivity index is 0. The summed E-state index contributed by atoms with van der Waals surface area (Å²) in [5.74, 6) is 0. The van der Waals surface area contributed by atoms with E-state index in [0.717, 1.165) is 21.7 Å². The van der Waals surface area contributed by atoms with Crippen LogP contribution in [0.5, 0.6) is 0 Å². The first-order valence-electron chi connectivity index (χ1n) is 0.841. The first-order valence-corrected chi connectivity index (χ1v) is 5.95. The van der Waals surface area contributed by atoms with E-state index in [1.54, 1.807) is 0 Å². The zero-order valence-corrected chi connectivity index (χ0v) is 9.12. The maximum atomic E-state index is 9.57.